The summed E-state index contributed by atoms with van der Waals surface area (Å²) in [5, 5.41) is 17.7. The van der Waals surface area contributed by atoms with Crippen molar-refractivity contribution in [1.29, 1.82) is 0 Å². The molecule has 2 aromatic rings. The Morgan fingerprint density at radius 2 is 1.51 bits per heavy atom. The Hall–Kier alpha value is -3.36. The molecule has 0 fully saturated rings. The second-order valence-corrected chi connectivity index (χ2v) is 7.94. The van der Waals surface area contributed by atoms with Crippen LogP contribution in [0.15, 0.2) is 41.5 Å². The number of hydrogen-bond acceptors (Lipinski definition) is 4. The van der Waals surface area contributed by atoms with Gasteiger partial charge >= 0.3 is 18.0 Å². The maximum Gasteiger partial charge on any atom is 0.435 e. The van der Waals surface area contributed by atoms with E-state index in [1.54, 1.807) is 0 Å². The molecule has 2 aromatic carbocycles. The number of carbonyl (C=O) groups excluding carboxylic acids is 1. The molecule has 7 nitrogen and oxygen atoms in total. The van der Waals surface area contributed by atoms with Crippen LogP contribution >= 0.6 is 11.8 Å². The van der Waals surface area contributed by atoms with Crippen LogP contribution in [0.5, 0.6) is 0 Å². The van der Waals surface area contributed by atoms with Crippen LogP contribution in [-0.2, 0) is 5.67 Å². The van der Waals surface area contributed by atoms with Crippen molar-refractivity contribution in [2.24, 2.45) is 5.10 Å². The van der Waals surface area contributed by atoms with Gasteiger partial charge in [0, 0.05) is 22.5 Å². The maximum atomic E-state index is 14.4. The third-order valence-corrected chi connectivity index (χ3v) is 5.26. The molecule has 0 saturated heterocycles. The van der Waals surface area contributed by atoms with Crippen molar-refractivity contribution in [2.45, 2.75) is 31.9 Å². The first kappa shape index (κ1) is 27.9. The van der Waals surface area contributed by atoms with Gasteiger partial charge in [0.2, 0.25) is 5.17 Å². The van der Waals surface area contributed by atoms with Gasteiger partial charge in [-0.15, -0.1) is 0 Å². The van der Waals surface area contributed by atoms with E-state index >= 15 is 0 Å². The summed E-state index contributed by atoms with van der Waals surface area (Å²) in [5.41, 5.74) is -7.59. The minimum Gasteiger partial charge on any atom is -0.330 e. The Balaban J connectivity index is 2.39. The second kappa shape index (κ2) is 10.1. The number of nitrogens with zero attached hydrogens (tertiary/aromatic N) is 2. The van der Waals surface area contributed by atoms with Gasteiger partial charge in [0.25, 0.3) is 5.91 Å². The van der Waals surface area contributed by atoms with Crippen LogP contribution < -0.4 is 10.6 Å². The van der Waals surface area contributed by atoms with Gasteiger partial charge in [-0.1, -0.05) is 30.0 Å². The number of nitro groups is 1. The van der Waals surface area contributed by atoms with Crippen molar-refractivity contribution in [3.05, 3.63) is 68.8 Å². The normalized spacial score (nSPS) is 12.9. The fourth-order valence-corrected chi connectivity index (χ4v) is 3.45. The first-order chi connectivity index (χ1) is 16.0. The number of alkyl halides is 7. The summed E-state index contributed by atoms with van der Waals surface area (Å²) in [6.45, 7) is 2.24. The van der Waals surface area contributed by atoms with Crippen LogP contribution in [0, 0.1) is 24.0 Å². The number of amides is 1. The van der Waals surface area contributed by atoms with Gasteiger partial charge in [-0.2, -0.15) is 26.3 Å². The molecule has 0 aliphatic carbocycles. The summed E-state index contributed by atoms with van der Waals surface area (Å²) in [6, 6.07) is 6.29. The van der Waals surface area contributed by atoms with E-state index in [-0.39, 0.29) is 33.2 Å². The maximum absolute atomic E-state index is 14.4. The summed E-state index contributed by atoms with van der Waals surface area (Å²) >= 11 is 0.926. The zero-order valence-corrected chi connectivity index (χ0v) is 19.0. The summed E-state index contributed by atoms with van der Waals surface area (Å²) in [5.74, 6) is -0.789. The van der Waals surface area contributed by atoms with Crippen molar-refractivity contribution in [3.8, 4) is 0 Å². The molecular weight excluding hydrogens is 509 g/mol. The number of carbonyl (C=O) groups is 1. The van der Waals surface area contributed by atoms with Crippen LogP contribution in [0.4, 0.5) is 42.1 Å². The lowest BCUT2D eigenvalue weighted by Crippen LogP contribution is -2.50. The Labute approximate surface area is 197 Å². The molecule has 0 heterocycles. The van der Waals surface area contributed by atoms with Gasteiger partial charge in [0.05, 0.1) is 5.10 Å². The number of rotatable bonds is 5. The van der Waals surface area contributed by atoms with E-state index in [4.69, 9.17) is 0 Å². The lowest BCUT2D eigenvalue weighted by Gasteiger charge is -2.31. The molecule has 2 N–H and O–H groups in total. The van der Waals surface area contributed by atoms with E-state index in [9.17, 15) is 45.6 Å². The van der Waals surface area contributed by atoms with Crippen LogP contribution in [0.25, 0.3) is 0 Å². The third-order valence-electron chi connectivity index (χ3n) is 4.69. The summed E-state index contributed by atoms with van der Waals surface area (Å²) in [6.07, 6.45) is -11.0. The molecule has 0 bridgehead atoms. The van der Waals surface area contributed by atoms with E-state index in [1.807, 2.05) is 0 Å². The SMILES string of the molecule is CSC(=N[N+](=O)[O-])Nc1cccc(C(=O)Nc2c(C)cc(C(F)(C(F)(F)F)C(F)(F)F)cc2C)c1. The average Bonchev–Trinajstić information content (AvgIpc) is 2.73. The van der Waals surface area contributed by atoms with Crippen LogP contribution in [0.3, 0.4) is 0 Å². The van der Waals surface area contributed by atoms with Crippen LogP contribution in [0.1, 0.15) is 27.0 Å². The lowest BCUT2D eigenvalue weighted by atomic mass is 9.90. The van der Waals surface area contributed by atoms with E-state index in [2.05, 4.69) is 15.7 Å². The molecule has 0 unspecified atom stereocenters. The highest BCUT2D eigenvalue weighted by atomic mass is 32.2. The number of anilines is 2. The molecule has 190 valence electrons. The first-order valence-electron chi connectivity index (χ1n) is 9.40. The van der Waals surface area contributed by atoms with Crippen molar-refractivity contribution < 1.29 is 40.6 Å². The van der Waals surface area contributed by atoms with Gasteiger partial charge < -0.3 is 10.6 Å². The van der Waals surface area contributed by atoms with E-state index in [0.717, 1.165) is 25.6 Å². The molecule has 2 rings (SSSR count). The highest BCUT2D eigenvalue weighted by Gasteiger charge is 2.73. The van der Waals surface area contributed by atoms with Gasteiger partial charge in [-0.05, 0) is 49.4 Å². The highest BCUT2D eigenvalue weighted by Crippen LogP contribution is 2.53. The van der Waals surface area contributed by atoms with Gasteiger partial charge in [0.1, 0.15) is 0 Å². The van der Waals surface area contributed by atoms with E-state index < -0.39 is 34.5 Å². The molecule has 0 atom stereocenters. The average molecular weight is 526 g/mol. The molecule has 1 amide bonds. The number of hydrazone groups is 1. The Kier molecular flexibility index (Phi) is 8.04. The molecule has 0 aliphatic rings. The Morgan fingerprint density at radius 1 is 0.971 bits per heavy atom. The monoisotopic (exact) mass is 526 g/mol. The Morgan fingerprint density at radius 3 is 1.97 bits per heavy atom. The molecular formula is C20H17F7N4O3S. The molecule has 0 radical (unpaired) electrons. The summed E-state index contributed by atoms with van der Waals surface area (Å²) in [4.78, 5) is 23.2. The summed E-state index contributed by atoms with van der Waals surface area (Å²) in [7, 11) is 0. The van der Waals surface area contributed by atoms with Crippen LogP contribution in [0.2, 0.25) is 0 Å². The predicted octanol–water partition coefficient (Wildman–Crippen LogP) is 6.17. The van der Waals surface area contributed by atoms with Gasteiger partial charge in [0.15, 0.2) is 5.03 Å². The molecule has 0 aliphatic heterocycles. The molecule has 15 heteroatoms. The minimum atomic E-state index is -6.27. The molecule has 0 aromatic heterocycles. The quantitative estimate of drug-likeness (QED) is 0.160. The third kappa shape index (κ3) is 6.01. The molecule has 0 spiro atoms. The van der Waals surface area contributed by atoms with Gasteiger partial charge in [-0.25, -0.2) is 14.5 Å². The largest absolute Gasteiger partial charge is 0.435 e. The fraction of sp³-hybridized carbons (Fsp3) is 0.300. The zero-order chi connectivity index (χ0) is 26.8. The zero-order valence-electron chi connectivity index (χ0n) is 18.1. The predicted molar refractivity (Wildman–Crippen MR) is 117 cm³/mol. The topological polar surface area (TPSA) is 96.6 Å². The van der Waals surface area contributed by atoms with Crippen molar-refractivity contribution >= 4 is 34.2 Å². The van der Waals surface area contributed by atoms with Crippen molar-refractivity contribution in [2.75, 3.05) is 16.9 Å². The fourth-order valence-electron chi connectivity index (χ4n) is 3.09. The Bertz CT molecular complexity index is 1130. The molecule has 35 heavy (non-hydrogen) atoms. The number of halogens is 7. The number of nitrogens with one attached hydrogen (secondary N) is 2. The number of hydrogen-bond donors (Lipinski definition) is 2. The second-order valence-electron chi connectivity index (χ2n) is 7.15. The van der Waals surface area contributed by atoms with Crippen LogP contribution in [-0.4, -0.2) is 34.7 Å². The minimum absolute atomic E-state index is 0.00449. The smallest absolute Gasteiger partial charge is 0.330 e. The highest BCUT2D eigenvalue weighted by molar-refractivity contribution is 8.13. The lowest BCUT2D eigenvalue weighted by molar-refractivity contribution is -0.484. The van der Waals surface area contributed by atoms with Gasteiger partial charge in [-0.3, -0.25) is 4.79 Å². The number of thioether (sulfide) groups is 1. The van der Waals surface area contributed by atoms with Crippen molar-refractivity contribution in [1.82, 2.24) is 0 Å². The standard InChI is InChI=1S/C20H17F7N4O3S/c1-10-7-13(18(21,19(22,23)24)20(25,26)27)8-11(2)15(10)29-16(32)12-5-4-6-14(9-12)28-17(35-3)30-31(33)34/h4-9H,1-3H3,(H,28,30)(H,29,32). The first-order valence-corrected chi connectivity index (χ1v) is 10.6. The number of amidine groups is 1. The number of aryl methyl sites for hydroxylation is 2. The van der Waals surface area contributed by atoms with E-state index in [0.29, 0.717) is 12.1 Å². The molecule has 0 saturated carbocycles. The summed E-state index contributed by atoms with van der Waals surface area (Å²) < 4.78 is 92.9. The van der Waals surface area contributed by atoms with E-state index in [1.165, 1.54) is 30.5 Å². The number of benzene rings is 2. The van der Waals surface area contributed by atoms with Crippen molar-refractivity contribution in [3.63, 3.8) is 0 Å².